The van der Waals surface area contributed by atoms with Crippen molar-refractivity contribution in [1.29, 1.82) is 0 Å². The molecule has 1 atom stereocenters. The van der Waals surface area contributed by atoms with Crippen molar-refractivity contribution in [3.8, 4) is 0 Å². The molecule has 14 heavy (non-hydrogen) atoms. The molecule has 0 bridgehead atoms. The van der Waals surface area contributed by atoms with Gasteiger partial charge in [0.25, 0.3) is 0 Å². The molecule has 0 spiro atoms. The maximum absolute atomic E-state index is 9.16. The third kappa shape index (κ3) is 6.35. The first-order valence-electron chi connectivity index (χ1n) is 5.44. The Morgan fingerprint density at radius 1 is 1.00 bits per heavy atom. The van der Waals surface area contributed by atoms with E-state index in [2.05, 4.69) is 38.3 Å². The second-order valence-electron chi connectivity index (χ2n) is 5.18. The summed E-state index contributed by atoms with van der Waals surface area (Å²) in [6.07, 6.45) is 0.943. The molecule has 0 aliphatic rings. The van der Waals surface area contributed by atoms with Gasteiger partial charge in [0.05, 0.1) is 6.61 Å². The minimum Gasteiger partial charge on any atom is -0.394 e. The van der Waals surface area contributed by atoms with Crippen molar-refractivity contribution in [1.82, 2.24) is 10.6 Å². The van der Waals surface area contributed by atoms with Crippen LogP contribution in [0.2, 0.25) is 0 Å². The molecular weight excluding hydrogens is 176 g/mol. The fraction of sp³-hybridized carbons (Fsp3) is 1.00. The van der Waals surface area contributed by atoms with Crippen LogP contribution in [0, 0.1) is 0 Å². The minimum atomic E-state index is -0.125. The zero-order valence-corrected chi connectivity index (χ0v) is 10.3. The van der Waals surface area contributed by atoms with Crippen LogP contribution in [0.15, 0.2) is 0 Å². The Morgan fingerprint density at radius 2 is 1.50 bits per heavy atom. The number of rotatable bonds is 6. The lowest BCUT2D eigenvalue weighted by molar-refractivity contribution is 0.170. The number of aliphatic hydroxyl groups is 1. The van der Waals surface area contributed by atoms with Crippen LogP contribution in [0.5, 0.6) is 0 Å². The highest BCUT2D eigenvalue weighted by Gasteiger charge is 2.19. The molecule has 0 aromatic rings. The third-order valence-corrected chi connectivity index (χ3v) is 2.46. The number of hydrogen-bond donors (Lipinski definition) is 3. The summed E-state index contributed by atoms with van der Waals surface area (Å²) in [6, 6.07) is 0. The first kappa shape index (κ1) is 13.9. The molecule has 0 aliphatic carbocycles. The highest BCUT2D eigenvalue weighted by molar-refractivity contribution is 4.81. The van der Waals surface area contributed by atoms with Crippen LogP contribution in [-0.4, -0.2) is 35.9 Å². The van der Waals surface area contributed by atoms with E-state index in [4.69, 9.17) is 5.11 Å². The lowest BCUT2D eigenvalue weighted by Gasteiger charge is -2.28. The van der Waals surface area contributed by atoms with E-state index in [1.807, 2.05) is 6.92 Å². The fourth-order valence-corrected chi connectivity index (χ4v) is 1.09. The largest absolute Gasteiger partial charge is 0.394 e. The van der Waals surface area contributed by atoms with Gasteiger partial charge in [0.15, 0.2) is 0 Å². The molecule has 0 amide bonds. The lowest BCUT2D eigenvalue weighted by atomic mass is 10.0. The first-order chi connectivity index (χ1) is 6.33. The van der Waals surface area contributed by atoms with Gasteiger partial charge >= 0.3 is 0 Å². The molecule has 0 radical (unpaired) electrons. The average Bonchev–Trinajstić information content (AvgIpc) is 2.11. The summed E-state index contributed by atoms with van der Waals surface area (Å²) in [4.78, 5) is 0. The van der Waals surface area contributed by atoms with Gasteiger partial charge in [-0.25, -0.2) is 0 Å². The maximum Gasteiger partial charge on any atom is 0.0610 e. The minimum absolute atomic E-state index is 0.125. The van der Waals surface area contributed by atoms with Gasteiger partial charge in [0, 0.05) is 24.2 Å². The summed E-state index contributed by atoms with van der Waals surface area (Å²) in [5, 5.41) is 15.9. The highest BCUT2D eigenvalue weighted by Crippen LogP contribution is 2.06. The van der Waals surface area contributed by atoms with Gasteiger partial charge in [0.1, 0.15) is 0 Å². The molecule has 0 rings (SSSR count). The molecule has 0 heterocycles. The topological polar surface area (TPSA) is 44.3 Å². The predicted octanol–water partition coefficient (Wildman–Crippen LogP) is 1.13. The van der Waals surface area contributed by atoms with Gasteiger partial charge in [0.2, 0.25) is 0 Å². The number of hydrogen-bond acceptors (Lipinski definition) is 3. The van der Waals surface area contributed by atoms with Crippen LogP contribution in [-0.2, 0) is 0 Å². The maximum atomic E-state index is 9.16. The Kier molecular flexibility index (Phi) is 5.64. The van der Waals surface area contributed by atoms with E-state index in [9.17, 15) is 0 Å². The van der Waals surface area contributed by atoms with E-state index in [1.165, 1.54) is 0 Å². The molecule has 0 saturated carbocycles. The Labute approximate surface area is 88.3 Å². The van der Waals surface area contributed by atoms with E-state index < -0.39 is 0 Å². The van der Waals surface area contributed by atoms with Crippen LogP contribution >= 0.6 is 0 Å². The second kappa shape index (κ2) is 5.69. The molecule has 3 nitrogen and oxygen atoms in total. The van der Waals surface area contributed by atoms with Crippen molar-refractivity contribution in [2.24, 2.45) is 0 Å². The molecule has 1 unspecified atom stereocenters. The lowest BCUT2D eigenvalue weighted by Crippen LogP contribution is -2.49. The molecule has 3 heteroatoms. The molecule has 0 aromatic heterocycles. The Balaban J connectivity index is 3.63. The summed E-state index contributed by atoms with van der Waals surface area (Å²) in [5.41, 5.74) is 0.0447. The van der Waals surface area contributed by atoms with Crippen LogP contribution in [0.25, 0.3) is 0 Å². The summed E-state index contributed by atoms with van der Waals surface area (Å²) < 4.78 is 0. The monoisotopic (exact) mass is 202 g/mol. The second-order valence-corrected chi connectivity index (χ2v) is 5.18. The summed E-state index contributed by atoms with van der Waals surface area (Å²) in [7, 11) is 0. The first-order valence-corrected chi connectivity index (χ1v) is 5.44. The van der Waals surface area contributed by atoms with Crippen molar-refractivity contribution >= 4 is 0 Å². The van der Waals surface area contributed by atoms with Crippen LogP contribution in [0.1, 0.15) is 41.0 Å². The van der Waals surface area contributed by atoms with Gasteiger partial charge in [-0.3, -0.25) is 0 Å². The zero-order chi connectivity index (χ0) is 11.2. The Morgan fingerprint density at radius 3 is 1.86 bits per heavy atom. The van der Waals surface area contributed by atoms with Gasteiger partial charge in [-0.15, -0.1) is 0 Å². The van der Waals surface area contributed by atoms with Crippen molar-refractivity contribution in [2.75, 3.05) is 19.7 Å². The number of aliphatic hydroxyl groups excluding tert-OH is 1. The summed E-state index contributed by atoms with van der Waals surface area (Å²) in [5.74, 6) is 0. The Hall–Kier alpha value is -0.120. The molecule has 0 aromatic carbocycles. The van der Waals surface area contributed by atoms with Crippen molar-refractivity contribution in [3.63, 3.8) is 0 Å². The molecule has 0 saturated heterocycles. The molecular formula is C11H26N2O. The zero-order valence-electron chi connectivity index (χ0n) is 10.3. The Bertz CT molecular complexity index is 148. The van der Waals surface area contributed by atoms with E-state index in [0.29, 0.717) is 0 Å². The molecule has 86 valence electrons. The van der Waals surface area contributed by atoms with Crippen molar-refractivity contribution < 1.29 is 5.11 Å². The van der Waals surface area contributed by atoms with Crippen LogP contribution in [0.3, 0.4) is 0 Å². The fourth-order valence-electron chi connectivity index (χ4n) is 1.09. The quantitative estimate of drug-likeness (QED) is 0.566. The van der Waals surface area contributed by atoms with Gasteiger partial charge in [-0.2, -0.15) is 0 Å². The van der Waals surface area contributed by atoms with E-state index in [1.54, 1.807) is 0 Å². The summed E-state index contributed by atoms with van der Waals surface area (Å²) in [6.45, 7) is 12.6. The van der Waals surface area contributed by atoms with Crippen molar-refractivity contribution in [3.05, 3.63) is 0 Å². The SMILES string of the molecule is CCC(C)(CO)NCCNC(C)(C)C. The molecule has 0 fully saturated rings. The molecule has 3 N–H and O–H groups in total. The normalized spacial score (nSPS) is 16.7. The molecule has 0 aliphatic heterocycles. The van der Waals surface area contributed by atoms with Gasteiger partial charge in [-0.05, 0) is 34.1 Å². The van der Waals surface area contributed by atoms with Gasteiger partial charge in [-0.1, -0.05) is 6.92 Å². The predicted molar refractivity (Wildman–Crippen MR) is 61.5 cm³/mol. The highest BCUT2D eigenvalue weighted by atomic mass is 16.3. The van der Waals surface area contributed by atoms with Crippen LogP contribution in [0.4, 0.5) is 0 Å². The van der Waals surface area contributed by atoms with Crippen molar-refractivity contribution in [2.45, 2.75) is 52.1 Å². The summed E-state index contributed by atoms with van der Waals surface area (Å²) >= 11 is 0. The number of nitrogens with one attached hydrogen (secondary N) is 2. The van der Waals surface area contributed by atoms with E-state index in [0.717, 1.165) is 19.5 Å². The van der Waals surface area contributed by atoms with Gasteiger partial charge < -0.3 is 15.7 Å². The van der Waals surface area contributed by atoms with E-state index in [-0.39, 0.29) is 17.7 Å². The smallest absolute Gasteiger partial charge is 0.0610 e. The van der Waals surface area contributed by atoms with E-state index >= 15 is 0 Å². The standard InChI is InChI=1S/C11H26N2O/c1-6-11(5,9-14)13-8-7-12-10(2,3)4/h12-14H,6-9H2,1-5H3. The van der Waals surface area contributed by atoms with Crippen LogP contribution < -0.4 is 10.6 Å². The average molecular weight is 202 g/mol. The third-order valence-electron chi connectivity index (χ3n) is 2.46.